The number of aliphatic carboxylic acids is 1. The molecule has 7 nitrogen and oxygen atoms in total. The van der Waals surface area contributed by atoms with Gasteiger partial charge in [0.2, 0.25) is 0 Å². The summed E-state index contributed by atoms with van der Waals surface area (Å²) in [5.74, 6) is -1.81. The topological polar surface area (TPSA) is 101 Å². The Kier molecular flexibility index (Phi) is 6.39. The van der Waals surface area contributed by atoms with Gasteiger partial charge in [-0.3, -0.25) is 9.59 Å². The van der Waals surface area contributed by atoms with E-state index in [-0.39, 0.29) is 11.3 Å². The number of carboxylic acids is 1. The zero-order chi connectivity index (χ0) is 20.8. The molecule has 1 aromatic heterocycles. The van der Waals surface area contributed by atoms with Gasteiger partial charge in [-0.15, -0.1) is 0 Å². The molecule has 2 N–H and O–H groups in total. The lowest BCUT2D eigenvalue weighted by molar-refractivity contribution is -0.139. The van der Waals surface area contributed by atoms with Crippen LogP contribution in [0.3, 0.4) is 0 Å². The number of aryl methyl sites for hydroxylation is 1. The smallest absolute Gasteiger partial charge is 0.330 e. The molecule has 0 unspecified atom stereocenters. The van der Waals surface area contributed by atoms with Crippen LogP contribution in [0, 0.1) is 0 Å². The Morgan fingerprint density at radius 3 is 2.34 bits per heavy atom. The number of nitrogens with zero attached hydrogens (tertiary/aromatic N) is 2. The van der Waals surface area contributed by atoms with Gasteiger partial charge in [-0.25, -0.2) is 9.48 Å². The van der Waals surface area contributed by atoms with Crippen molar-refractivity contribution >= 4 is 22.6 Å². The van der Waals surface area contributed by atoms with Crippen LogP contribution in [0.5, 0.6) is 0 Å². The van der Waals surface area contributed by atoms with Crippen LogP contribution < -0.4 is 10.9 Å². The minimum absolute atomic E-state index is 0.0406. The van der Waals surface area contributed by atoms with E-state index < -0.39 is 17.9 Å². The lowest BCUT2D eigenvalue weighted by atomic mass is 10.1. The summed E-state index contributed by atoms with van der Waals surface area (Å²) in [7, 11) is 0. The Morgan fingerprint density at radius 1 is 1.03 bits per heavy atom. The number of unbranched alkanes of at least 4 members (excludes halogenated alkanes) is 2. The standard InChI is InChI=1S/C22H23N3O4/c1-2-3-9-14-25-21(27)17-13-8-7-12-16(17)19(24-25)20(26)23-18(22(28)29)15-10-5-4-6-11-15/h4-8,10-13,18H,2-3,9,14H2,1H3,(H,23,26)(H,28,29)/t18-/m1/s1. The van der Waals surface area contributed by atoms with Gasteiger partial charge in [0.25, 0.3) is 11.5 Å². The molecule has 0 spiro atoms. The third kappa shape index (κ3) is 4.51. The Hall–Kier alpha value is -3.48. The minimum Gasteiger partial charge on any atom is -0.479 e. The maximum atomic E-state index is 13.0. The average Bonchev–Trinajstić information content (AvgIpc) is 2.74. The van der Waals surface area contributed by atoms with Gasteiger partial charge in [-0.05, 0) is 18.1 Å². The highest BCUT2D eigenvalue weighted by Gasteiger charge is 2.25. The summed E-state index contributed by atoms with van der Waals surface area (Å²) in [6, 6.07) is 14.0. The number of hydrogen-bond donors (Lipinski definition) is 2. The van der Waals surface area contributed by atoms with Gasteiger partial charge in [0.05, 0.1) is 5.39 Å². The summed E-state index contributed by atoms with van der Waals surface area (Å²) < 4.78 is 1.30. The van der Waals surface area contributed by atoms with Crippen LogP contribution in [-0.2, 0) is 11.3 Å². The lowest BCUT2D eigenvalue weighted by Crippen LogP contribution is -2.36. The van der Waals surface area contributed by atoms with Crippen LogP contribution in [0.25, 0.3) is 10.8 Å². The summed E-state index contributed by atoms with van der Waals surface area (Å²) in [6.07, 6.45) is 2.70. The molecule has 3 aromatic rings. The first-order valence-corrected chi connectivity index (χ1v) is 9.61. The fourth-order valence-electron chi connectivity index (χ4n) is 3.20. The van der Waals surface area contributed by atoms with E-state index in [0.29, 0.717) is 22.9 Å². The van der Waals surface area contributed by atoms with Gasteiger partial charge in [0.1, 0.15) is 0 Å². The van der Waals surface area contributed by atoms with Crippen LogP contribution in [0.2, 0.25) is 0 Å². The summed E-state index contributed by atoms with van der Waals surface area (Å²) in [4.78, 5) is 37.4. The highest BCUT2D eigenvalue weighted by atomic mass is 16.4. The molecule has 0 radical (unpaired) electrons. The number of carboxylic acid groups (broad SMARTS) is 1. The second-order valence-corrected chi connectivity index (χ2v) is 6.78. The third-order valence-corrected chi connectivity index (χ3v) is 4.71. The largest absolute Gasteiger partial charge is 0.479 e. The zero-order valence-corrected chi connectivity index (χ0v) is 16.2. The number of fused-ring (bicyclic) bond motifs is 1. The van der Waals surface area contributed by atoms with E-state index in [0.717, 1.165) is 19.3 Å². The van der Waals surface area contributed by atoms with Crippen molar-refractivity contribution in [3.8, 4) is 0 Å². The monoisotopic (exact) mass is 393 g/mol. The van der Waals surface area contributed by atoms with Crippen LogP contribution >= 0.6 is 0 Å². The van der Waals surface area contributed by atoms with Gasteiger partial charge >= 0.3 is 5.97 Å². The van der Waals surface area contributed by atoms with Gasteiger partial charge < -0.3 is 10.4 Å². The van der Waals surface area contributed by atoms with Crippen LogP contribution in [0.1, 0.15) is 48.3 Å². The molecule has 2 aromatic carbocycles. The number of amides is 1. The van der Waals surface area contributed by atoms with E-state index in [1.165, 1.54) is 4.68 Å². The molecule has 1 heterocycles. The Morgan fingerprint density at radius 2 is 1.69 bits per heavy atom. The Balaban J connectivity index is 2.01. The van der Waals surface area contributed by atoms with Crippen molar-refractivity contribution in [1.29, 1.82) is 0 Å². The number of nitrogens with one attached hydrogen (secondary N) is 1. The van der Waals surface area contributed by atoms with Crippen molar-refractivity contribution in [3.05, 3.63) is 76.2 Å². The first kappa shape index (κ1) is 20.3. The van der Waals surface area contributed by atoms with Crippen molar-refractivity contribution in [2.45, 2.75) is 38.8 Å². The van der Waals surface area contributed by atoms with E-state index in [1.807, 2.05) is 0 Å². The summed E-state index contributed by atoms with van der Waals surface area (Å²) in [5.41, 5.74) is 0.235. The molecule has 0 fully saturated rings. The molecule has 150 valence electrons. The van der Waals surface area contributed by atoms with E-state index in [9.17, 15) is 19.5 Å². The molecule has 0 aliphatic heterocycles. The summed E-state index contributed by atoms with van der Waals surface area (Å²) in [6.45, 7) is 2.46. The number of rotatable bonds is 8. The molecule has 3 rings (SSSR count). The van der Waals surface area contributed by atoms with Gasteiger partial charge in [0, 0.05) is 11.9 Å². The summed E-state index contributed by atoms with van der Waals surface area (Å²) >= 11 is 0. The quantitative estimate of drug-likeness (QED) is 0.573. The van der Waals surface area contributed by atoms with Crippen LogP contribution in [0.15, 0.2) is 59.4 Å². The van der Waals surface area contributed by atoms with E-state index in [4.69, 9.17) is 0 Å². The van der Waals surface area contributed by atoms with Crippen LogP contribution in [0.4, 0.5) is 0 Å². The predicted molar refractivity (Wildman–Crippen MR) is 110 cm³/mol. The molecule has 0 saturated heterocycles. The van der Waals surface area contributed by atoms with Gasteiger partial charge in [0.15, 0.2) is 11.7 Å². The Labute approximate surface area is 168 Å². The number of carbonyl (C=O) groups is 2. The molecule has 1 atom stereocenters. The molecular formula is C22H23N3O4. The number of aromatic nitrogens is 2. The molecule has 0 saturated carbocycles. The zero-order valence-electron chi connectivity index (χ0n) is 16.2. The fourth-order valence-corrected chi connectivity index (χ4v) is 3.20. The number of carbonyl (C=O) groups excluding carboxylic acids is 1. The SMILES string of the molecule is CCCCCn1nc(C(=O)N[C@@H](C(=O)O)c2ccccc2)c2ccccc2c1=O. The minimum atomic E-state index is -1.22. The second kappa shape index (κ2) is 9.14. The second-order valence-electron chi connectivity index (χ2n) is 6.78. The third-order valence-electron chi connectivity index (χ3n) is 4.71. The molecule has 0 aliphatic carbocycles. The number of benzene rings is 2. The maximum Gasteiger partial charge on any atom is 0.330 e. The highest BCUT2D eigenvalue weighted by Crippen LogP contribution is 2.17. The van der Waals surface area contributed by atoms with E-state index in [2.05, 4.69) is 17.3 Å². The molecule has 1 amide bonds. The average molecular weight is 393 g/mol. The van der Waals surface area contributed by atoms with Gasteiger partial charge in [-0.2, -0.15) is 5.10 Å². The van der Waals surface area contributed by atoms with Crippen LogP contribution in [-0.4, -0.2) is 26.8 Å². The number of hydrogen-bond acceptors (Lipinski definition) is 4. The molecular weight excluding hydrogens is 370 g/mol. The van der Waals surface area contributed by atoms with Crippen molar-refractivity contribution in [1.82, 2.24) is 15.1 Å². The fraction of sp³-hybridized carbons (Fsp3) is 0.273. The lowest BCUT2D eigenvalue weighted by Gasteiger charge is -2.16. The molecule has 29 heavy (non-hydrogen) atoms. The molecule has 0 aliphatic rings. The molecule has 7 heteroatoms. The first-order valence-electron chi connectivity index (χ1n) is 9.61. The predicted octanol–water partition coefficient (Wildman–Crippen LogP) is 3.14. The highest BCUT2D eigenvalue weighted by molar-refractivity contribution is 6.05. The maximum absolute atomic E-state index is 13.0. The molecule has 0 bridgehead atoms. The van der Waals surface area contributed by atoms with Gasteiger partial charge in [-0.1, -0.05) is 68.3 Å². The Bertz CT molecular complexity index is 1080. The van der Waals surface area contributed by atoms with E-state index >= 15 is 0 Å². The van der Waals surface area contributed by atoms with Crippen molar-refractivity contribution in [2.75, 3.05) is 0 Å². The van der Waals surface area contributed by atoms with E-state index in [1.54, 1.807) is 54.6 Å². The van der Waals surface area contributed by atoms with Crippen molar-refractivity contribution < 1.29 is 14.7 Å². The first-order chi connectivity index (χ1) is 14.0. The normalized spacial score (nSPS) is 11.9. The van der Waals surface area contributed by atoms with Crippen molar-refractivity contribution in [2.24, 2.45) is 0 Å². The summed E-state index contributed by atoms with van der Waals surface area (Å²) in [5, 5.41) is 17.2. The van der Waals surface area contributed by atoms with Crippen molar-refractivity contribution in [3.63, 3.8) is 0 Å².